The molecule has 29 heavy (non-hydrogen) atoms. The van der Waals surface area contributed by atoms with E-state index < -0.39 is 0 Å². The highest BCUT2D eigenvalue weighted by atomic mass is 19.1. The first kappa shape index (κ1) is 25.0. The summed E-state index contributed by atoms with van der Waals surface area (Å²) in [7, 11) is 0. The normalized spacial score (nSPS) is 10.8. The molecular weight excluding hydrogens is 361 g/mol. The van der Waals surface area contributed by atoms with Gasteiger partial charge in [0.15, 0.2) is 0 Å². The van der Waals surface area contributed by atoms with Crippen LogP contribution in [0.2, 0.25) is 0 Å². The van der Waals surface area contributed by atoms with E-state index in [0.29, 0.717) is 0 Å². The second-order valence-electron chi connectivity index (χ2n) is 8.04. The van der Waals surface area contributed by atoms with E-state index >= 15 is 0 Å². The second kappa shape index (κ2) is 12.5. The summed E-state index contributed by atoms with van der Waals surface area (Å²) in [6.45, 7) is 16.6. The van der Waals surface area contributed by atoms with Crippen LogP contribution in [0.4, 0.5) is 4.39 Å². The van der Waals surface area contributed by atoms with Crippen LogP contribution in [0.1, 0.15) is 102 Å². The Kier molecular flexibility index (Phi) is 10.8. The Morgan fingerprint density at radius 1 is 0.966 bits per heavy atom. The molecule has 2 aromatic rings. The number of aliphatic hydroxyl groups excluding tert-OH is 1. The molecule has 0 bridgehead atoms. The maximum atomic E-state index is 13.3. The molecule has 0 amide bonds. The molecule has 1 heterocycles. The first-order valence-electron chi connectivity index (χ1n) is 10.9. The van der Waals surface area contributed by atoms with Gasteiger partial charge < -0.3 is 5.11 Å². The van der Waals surface area contributed by atoms with Gasteiger partial charge in [-0.25, -0.2) is 4.39 Å². The summed E-state index contributed by atoms with van der Waals surface area (Å²) in [5, 5.41) is 9.97. The zero-order chi connectivity index (χ0) is 22.0. The minimum Gasteiger partial charge on any atom is -0.392 e. The van der Waals surface area contributed by atoms with E-state index in [4.69, 9.17) is 4.98 Å². The van der Waals surface area contributed by atoms with E-state index in [9.17, 15) is 9.50 Å². The lowest BCUT2D eigenvalue weighted by Crippen LogP contribution is -2.10. The zero-order valence-electron chi connectivity index (χ0n) is 19.1. The van der Waals surface area contributed by atoms with Crippen molar-refractivity contribution in [2.24, 2.45) is 0 Å². The van der Waals surface area contributed by atoms with Crippen molar-refractivity contribution in [1.29, 1.82) is 0 Å². The zero-order valence-corrected chi connectivity index (χ0v) is 19.1. The SMILES string of the molecule is C=Cc1c(C(C)C)nc(C(C)C)c(CO)c1-c1ccc(F)cc1.CCCCCC. The Hall–Kier alpha value is -2.00. The summed E-state index contributed by atoms with van der Waals surface area (Å²) in [6, 6.07) is 6.36. The van der Waals surface area contributed by atoms with Crippen molar-refractivity contribution in [3.63, 3.8) is 0 Å². The number of hydrogen-bond acceptors (Lipinski definition) is 2. The molecule has 160 valence electrons. The molecule has 0 saturated heterocycles. The number of rotatable bonds is 8. The van der Waals surface area contributed by atoms with Crippen molar-refractivity contribution in [2.45, 2.75) is 85.7 Å². The highest BCUT2D eigenvalue weighted by Crippen LogP contribution is 2.37. The molecule has 0 unspecified atom stereocenters. The molecule has 1 aromatic heterocycles. The van der Waals surface area contributed by atoms with Crippen LogP contribution in [-0.4, -0.2) is 10.1 Å². The predicted octanol–water partition coefficient (Wildman–Crippen LogP) is 7.86. The van der Waals surface area contributed by atoms with E-state index in [0.717, 1.165) is 33.6 Å². The minimum absolute atomic E-state index is 0.105. The number of aliphatic hydroxyl groups is 1. The first-order valence-corrected chi connectivity index (χ1v) is 10.9. The fourth-order valence-corrected chi connectivity index (χ4v) is 3.41. The number of pyridine rings is 1. The van der Waals surface area contributed by atoms with E-state index in [-0.39, 0.29) is 24.3 Å². The maximum Gasteiger partial charge on any atom is 0.123 e. The van der Waals surface area contributed by atoms with Crippen molar-refractivity contribution in [1.82, 2.24) is 4.98 Å². The molecule has 1 aromatic carbocycles. The number of hydrogen-bond donors (Lipinski definition) is 1. The number of nitrogens with zero attached hydrogens (tertiary/aromatic N) is 1. The molecular formula is C26H38FNO. The van der Waals surface area contributed by atoms with Crippen molar-refractivity contribution < 1.29 is 9.50 Å². The summed E-state index contributed by atoms with van der Waals surface area (Å²) in [6.07, 6.45) is 7.32. The predicted molar refractivity (Wildman–Crippen MR) is 124 cm³/mol. The molecule has 0 aliphatic heterocycles. The van der Waals surface area contributed by atoms with Gasteiger partial charge in [-0.2, -0.15) is 0 Å². The third kappa shape index (κ3) is 6.78. The summed E-state index contributed by atoms with van der Waals surface area (Å²) in [4.78, 5) is 4.81. The Balaban J connectivity index is 0.000000612. The van der Waals surface area contributed by atoms with Crippen LogP contribution in [0, 0.1) is 5.82 Å². The van der Waals surface area contributed by atoms with Gasteiger partial charge in [0.1, 0.15) is 5.82 Å². The minimum atomic E-state index is -0.276. The van der Waals surface area contributed by atoms with Crippen LogP contribution in [0.15, 0.2) is 30.8 Å². The lowest BCUT2D eigenvalue weighted by molar-refractivity contribution is 0.280. The molecule has 0 aliphatic carbocycles. The molecule has 2 rings (SSSR count). The fourth-order valence-electron chi connectivity index (χ4n) is 3.41. The van der Waals surface area contributed by atoms with Crippen LogP contribution in [0.25, 0.3) is 17.2 Å². The highest BCUT2D eigenvalue weighted by molar-refractivity contribution is 5.79. The van der Waals surface area contributed by atoms with Gasteiger partial charge in [-0.1, -0.05) is 92.0 Å². The van der Waals surface area contributed by atoms with Gasteiger partial charge >= 0.3 is 0 Å². The van der Waals surface area contributed by atoms with E-state index in [1.54, 1.807) is 18.2 Å². The lowest BCUT2D eigenvalue weighted by Gasteiger charge is -2.22. The Bertz CT molecular complexity index is 759. The Labute approximate surface area is 176 Å². The topological polar surface area (TPSA) is 33.1 Å². The average molecular weight is 400 g/mol. The van der Waals surface area contributed by atoms with Crippen LogP contribution >= 0.6 is 0 Å². The monoisotopic (exact) mass is 399 g/mol. The first-order chi connectivity index (χ1) is 13.8. The van der Waals surface area contributed by atoms with Gasteiger partial charge in [-0.15, -0.1) is 0 Å². The van der Waals surface area contributed by atoms with E-state index in [1.165, 1.54) is 37.8 Å². The summed E-state index contributed by atoms with van der Waals surface area (Å²) in [5.74, 6) is 0.141. The van der Waals surface area contributed by atoms with Gasteiger partial charge in [0, 0.05) is 16.8 Å². The highest BCUT2D eigenvalue weighted by Gasteiger charge is 2.21. The number of halogens is 1. The molecule has 0 atom stereocenters. The van der Waals surface area contributed by atoms with Gasteiger partial charge in [0.2, 0.25) is 0 Å². The van der Waals surface area contributed by atoms with Gasteiger partial charge in [0.05, 0.1) is 12.3 Å². The Morgan fingerprint density at radius 3 is 1.86 bits per heavy atom. The quantitative estimate of drug-likeness (QED) is 0.458. The molecule has 3 heteroatoms. The standard InChI is InChI=1S/C20H24FNO.C6H14/c1-6-16-18(14-7-9-15(21)10-8-14)17(11-23)20(13(4)5)22-19(16)12(2)3;1-3-5-6-4-2/h6-10,12-13,23H,1,11H2,2-5H3;3-6H2,1-2H3. The fraction of sp³-hybridized carbons (Fsp3) is 0.500. The third-order valence-electron chi connectivity index (χ3n) is 4.94. The molecule has 0 saturated carbocycles. The molecule has 0 radical (unpaired) electrons. The average Bonchev–Trinajstić information content (AvgIpc) is 2.71. The molecule has 0 aliphatic rings. The largest absolute Gasteiger partial charge is 0.392 e. The van der Waals surface area contributed by atoms with Crippen LogP contribution in [-0.2, 0) is 6.61 Å². The van der Waals surface area contributed by atoms with Crippen LogP contribution < -0.4 is 0 Å². The van der Waals surface area contributed by atoms with Crippen molar-refractivity contribution in [3.8, 4) is 11.1 Å². The Morgan fingerprint density at radius 2 is 1.48 bits per heavy atom. The number of unbranched alkanes of at least 4 members (excludes halogenated alkanes) is 3. The van der Waals surface area contributed by atoms with E-state index in [2.05, 4.69) is 48.1 Å². The number of benzene rings is 1. The van der Waals surface area contributed by atoms with E-state index in [1.807, 2.05) is 0 Å². The van der Waals surface area contributed by atoms with Crippen molar-refractivity contribution in [2.75, 3.05) is 0 Å². The maximum absolute atomic E-state index is 13.3. The third-order valence-corrected chi connectivity index (χ3v) is 4.94. The van der Waals surface area contributed by atoms with Crippen molar-refractivity contribution >= 4 is 6.08 Å². The molecule has 2 nitrogen and oxygen atoms in total. The second-order valence-corrected chi connectivity index (χ2v) is 8.04. The molecule has 0 spiro atoms. The molecule has 0 fully saturated rings. The van der Waals surface area contributed by atoms with Crippen LogP contribution in [0.5, 0.6) is 0 Å². The summed E-state index contributed by atoms with van der Waals surface area (Å²) >= 11 is 0. The van der Waals surface area contributed by atoms with Crippen molar-refractivity contribution in [3.05, 3.63) is 59.2 Å². The van der Waals surface area contributed by atoms with Gasteiger partial charge in [-0.3, -0.25) is 4.98 Å². The lowest BCUT2D eigenvalue weighted by atomic mass is 9.87. The van der Waals surface area contributed by atoms with Gasteiger partial charge in [-0.05, 0) is 35.1 Å². The van der Waals surface area contributed by atoms with Crippen LogP contribution in [0.3, 0.4) is 0 Å². The molecule has 1 N–H and O–H groups in total. The smallest absolute Gasteiger partial charge is 0.123 e. The summed E-state index contributed by atoms with van der Waals surface area (Å²) < 4.78 is 13.3. The summed E-state index contributed by atoms with van der Waals surface area (Å²) in [5.41, 5.74) is 5.34. The van der Waals surface area contributed by atoms with Gasteiger partial charge in [0.25, 0.3) is 0 Å². The number of aromatic nitrogens is 1.